The molecule has 1 N–H and O–H groups in total. The lowest BCUT2D eigenvalue weighted by molar-refractivity contribution is -0.133. The quantitative estimate of drug-likeness (QED) is 0.791. The SMILES string of the molecule is N#CCCn1nc(C(F)F)cc1SCC(=O)O. The monoisotopic (exact) mass is 261 g/mol. The second kappa shape index (κ2) is 6.20. The van der Waals surface area contributed by atoms with Gasteiger partial charge in [0.15, 0.2) is 0 Å². The molecule has 1 rings (SSSR count). The summed E-state index contributed by atoms with van der Waals surface area (Å²) >= 11 is 0.902. The molecule has 0 spiro atoms. The number of thioether (sulfide) groups is 1. The van der Waals surface area contributed by atoms with Crippen molar-refractivity contribution in [1.82, 2.24) is 9.78 Å². The normalized spacial score (nSPS) is 10.5. The molecular formula is C9H9F2N3O2S. The first-order valence-electron chi connectivity index (χ1n) is 4.62. The van der Waals surface area contributed by atoms with Crippen molar-refractivity contribution in [3.63, 3.8) is 0 Å². The molecule has 0 fully saturated rings. The molecule has 1 aromatic heterocycles. The van der Waals surface area contributed by atoms with Crippen LogP contribution in [-0.4, -0.2) is 26.6 Å². The fraction of sp³-hybridized carbons (Fsp3) is 0.444. The minimum absolute atomic E-state index is 0.130. The Morgan fingerprint density at radius 2 is 2.41 bits per heavy atom. The maximum atomic E-state index is 12.4. The molecule has 0 unspecified atom stereocenters. The van der Waals surface area contributed by atoms with Crippen molar-refractivity contribution in [3.05, 3.63) is 11.8 Å². The Balaban J connectivity index is 2.83. The molecule has 5 nitrogen and oxygen atoms in total. The number of carbonyl (C=O) groups is 1. The van der Waals surface area contributed by atoms with Crippen LogP contribution in [0.3, 0.4) is 0 Å². The number of hydrogen-bond donors (Lipinski definition) is 1. The van der Waals surface area contributed by atoms with Gasteiger partial charge >= 0.3 is 5.97 Å². The number of aromatic nitrogens is 2. The van der Waals surface area contributed by atoms with Gasteiger partial charge in [0.05, 0.1) is 29.8 Å². The van der Waals surface area contributed by atoms with Gasteiger partial charge in [-0.05, 0) is 6.07 Å². The third kappa shape index (κ3) is 4.03. The number of rotatable bonds is 6. The first kappa shape index (κ1) is 13.4. The maximum absolute atomic E-state index is 12.4. The van der Waals surface area contributed by atoms with Crippen molar-refractivity contribution in [3.8, 4) is 6.07 Å². The highest BCUT2D eigenvalue weighted by atomic mass is 32.2. The number of hydrogen-bond acceptors (Lipinski definition) is 4. The van der Waals surface area contributed by atoms with Crippen molar-refractivity contribution in [2.45, 2.75) is 24.4 Å². The van der Waals surface area contributed by atoms with E-state index in [4.69, 9.17) is 10.4 Å². The Labute approximate surface area is 100 Å². The minimum Gasteiger partial charge on any atom is -0.481 e. The van der Waals surface area contributed by atoms with E-state index in [-0.39, 0.29) is 18.7 Å². The number of aryl methyl sites for hydroxylation is 1. The predicted octanol–water partition coefficient (Wildman–Crippen LogP) is 1.91. The van der Waals surface area contributed by atoms with Gasteiger partial charge in [-0.2, -0.15) is 10.4 Å². The van der Waals surface area contributed by atoms with Crippen LogP contribution in [0.1, 0.15) is 18.5 Å². The summed E-state index contributed by atoms with van der Waals surface area (Å²) in [5.74, 6) is -1.28. The molecule has 1 heterocycles. The van der Waals surface area contributed by atoms with E-state index in [1.807, 2.05) is 6.07 Å². The van der Waals surface area contributed by atoms with Crippen LogP contribution in [0, 0.1) is 11.3 Å². The molecule has 0 atom stereocenters. The zero-order valence-electron chi connectivity index (χ0n) is 8.64. The Kier molecular flexibility index (Phi) is 4.90. The zero-order chi connectivity index (χ0) is 12.8. The topological polar surface area (TPSA) is 78.9 Å². The number of nitrogens with zero attached hydrogens (tertiary/aromatic N) is 3. The fourth-order valence-corrected chi connectivity index (χ4v) is 1.85. The van der Waals surface area contributed by atoms with Gasteiger partial charge in [-0.25, -0.2) is 8.78 Å². The summed E-state index contributed by atoms with van der Waals surface area (Å²) in [5, 5.41) is 20.9. The molecule has 92 valence electrons. The third-order valence-electron chi connectivity index (χ3n) is 1.76. The van der Waals surface area contributed by atoms with Crippen LogP contribution in [-0.2, 0) is 11.3 Å². The van der Waals surface area contributed by atoms with Crippen molar-refractivity contribution in [1.29, 1.82) is 5.26 Å². The van der Waals surface area contributed by atoms with Gasteiger partial charge in [-0.3, -0.25) is 9.48 Å². The Bertz CT molecular complexity index is 442. The molecule has 0 radical (unpaired) electrons. The predicted molar refractivity (Wildman–Crippen MR) is 55.8 cm³/mol. The lowest BCUT2D eigenvalue weighted by Crippen LogP contribution is -2.04. The molecule has 0 bridgehead atoms. The second-order valence-electron chi connectivity index (χ2n) is 3.02. The van der Waals surface area contributed by atoms with Crippen LogP contribution in [0.5, 0.6) is 0 Å². The first-order valence-corrected chi connectivity index (χ1v) is 5.60. The molecule has 8 heteroatoms. The van der Waals surface area contributed by atoms with E-state index >= 15 is 0 Å². The standard InChI is InChI=1S/C9H9F2N3O2S/c10-9(11)6-4-7(17-5-8(15)16)14(13-6)3-1-2-12/h4,9H,1,3,5H2,(H,15,16). The van der Waals surface area contributed by atoms with E-state index < -0.39 is 18.1 Å². The fourth-order valence-electron chi connectivity index (χ4n) is 1.09. The summed E-state index contributed by atoms with van der Waals surface area (Å²) in [6.45, 7) is 0.172. The molecule has 0 amide bonds. The molecule has 0 saturated carbocycles. The van der Waals surface area contributed by atoms with Crippen LogP contribution < -0.4 is 0 Å². The molecule has 0 aromatic carbocycles. The molecular weight excluding hydrogens is 252 g/mol. The lowest BCUT2D eigenvalue weighted by atomic mass is 10.4. The van der Waals surface area contributed by atoms with Crippen molar-refractivity contribution >= 4 is 17.7 Å². The molecule has 0 aliphatic rings. The van der Waals surface area contributed by atoms with E-state index in [0.717, 1.165) is 17.8 Å². The van der Waals surface area contributed by atoms with Gasteiger partial charge < -0.3 is 5.11 Å². The summed E-state index contributed by atoms with van der Waals surface area (Å²) in [4.78, 5) is 10.4. The second-order valence-corrected chi connectivity index (χ2v) is 4.02. The van der Waals surface area contributed by atoms with Gasteiger partial charge in [0.25, 0.3) is 6.43 Å². The average molecular weight is 261 g/mol. The average Bonchev–Trinajstić information content (AvgIpc) is 2.67. The number of carboxylic acids is 1. The minimum atomic E-state index is -2.71. The summed E-state index contributed by atoms with van der Waals surface area (Å²) in [5.41, 5.74) is -0.407. The van der Waals surface area contributed by atoms with Gasteiger partial charge in [0, 0.05) is 0 Å². The Morgan fingerprint density at radius 3 is 2.94 bits per heavy atom. The van der Waals surface area contributed by atoms with Crippen LogP contribution in [0.4, 0.5) is 8.78 Å². The van der Waals surface area contributed by atoms with Gasteiger partial charge in [-0.1, -0.05) is 11.8 Å². The number of nitriles is 1. The summed E-state index contributed by atoms with van der Waals surface area (Å²) < 4.78 is 26.1. The first-order chi connectivity index (χ1) is 8.04. The van der Waals surface area contributed by atoms with E-state index in [1.165, 1.54) is 4.68 Å². The molecule has 0 aliphatic carbocycles. The zero-order valence-corrected chi connectivity index (χ0v) is 9.45. The third-order valence-corrected chi connectivity index (χ3v) is 2.78. The van der Waals surface area contributed by atoms with E-state index in [0.29, 0.717) is 5.03 Å². The highest BCUT2D eigenvalue weighted by molar-refractivity contribution is 7.99. The molecule has 17 heavy (non-hydrogen) atoms. The largest absolute Gasteiger partial charge is 0.481 e. The van der Waals surface area contributed by atoms with Crippen LogP contribution in [0.2, 0.25) is 0 Å². The van der Waals surface area contributed by atoms with Crippen molar-refractivity contribution in [2.24, 2.45) is 0 Å². The van der Waals surface area contributed by atoms with Gasteiger partial charge in [0.1, 0.15) is 5.69 Å². The smallest absolute Gasteiger partial charge is 0.313 e. The number of aliphatic carboxylic acids is 1. The van der Waals surface area contributed by atoms with Crippen molar-refractivity contribution in [2.75, 3.05) is 5.75 Å². The Hall–Kier alpha value is -1.62. The molecule has 0 aliphatic heterocycles. The van der Waals surface area contributed by atoms with Crippen LogP contribution in [0.15, 0.2) is 11.1 Å². The molecule has 0 saturated heterocycles. The number of carboxylic acid groups (broad SMARTS) is 1. The van der Waals surface area contributed by atoms with Gasteiger partial charge in [-0.15, -0.1) is 0 Å². The molecule has 1 aromatic rings. The van der Waals surface area contributed by atoms with E-state index in [2.05, 4.69) is 5.10 Å². The highest BCUT2D eigenvalue weighted by Gasteiger charge is 2.16. The van der Waals surface area contributed by atoms with Gasteiger partial charge in [0.2, 0.25) is 0 Å². The van der Waals surface area contributed by atoms with Crippen molar-refractivity contribution < 1.29 is 18.7 Å². The highest BCUT2D eigenvalue weighted by Crippen LogP contribution is 2.25. The Morgan fingerprint density at radius 1 is 1.71 bits per heavy atom. The lowest BCUT2D eigenvalue weighted by Gasteiger charge is -2.02. The number of halogens is 2. The van der Waals surface area contributed by atoms with Crippen LogP contribution >= 0.6 is 11.8 Å². The summed E-state index contributed by atoms with van der Waals surface area (Å²) in [6.07, 6.45) is -2.58. The van der Waals surface area contributed by atoms with E-state index in [1.54, 1.807) is 0 Å². The number of alkyl halides is 2. The van der Waals surface area contributed by atoms with E-state index in [9.17, 15) is 13.6 Å². The maximum Gasteiger partial charge on any atom is 0.313 e. The summed E-state index contributed by atoms with van der Waals surface area (Å²) in [7, 11) is 0. The van der Waals surface area contributed by atoms with Crippen LogP contribution in [0.25, 0.3) is 0 Å². The summed E-state index contributed by atoms with van der Waals surface area (Å²) in [6, 6.07) is 3.02.